The molecule has 2 aromatic heterocycles. The molecule has 3 rings (SSSR count). The molecular weight excluding hydrogens is 303 g/mol. The van der Waals surface area contributed by atoms with E-state index in [4.69, 9.17) is 0 Å². The van der Waals surface area contributed by atoms with Gasteiger partial charge in [-0.1, -0.05) is 6.07 Å². The Bertz CT molecular complexity index is 586. The van der Waals surface area contributed by atoms with Crippen molar-refractivity contribution in [1.82, 2.24) is 30.0 Å². The Kier molecular flexibility index (Phi) is 4.80. The lowest BCUT2D eigenvalue weighted by Gasteiger charge is -2.27. The van der Waals surface area contributed by atoms with Gasteiger partial charge in [0, 0.05) is 30.6 Å². The highest BCUT2D eigenvalue weighted by molar-refractivity contribution is 7.09. The number of likely N-dealkylation sites (N-methyl/N-ethyl adjacent to an activating group) is 1. The van der Waals surface area contributed by atoms with Gasteiger partial charge in [0.05, 0.1) is 13.6 Å². The molecule has 0 amide bonds. The molecular formula is C14H21FN6S. The summed E-state index contributed by atoms with van der Waals surface area (Å²) in [6.07, 6.45) is -0.128. The molecule has 2 atom stereocenters. The van der Waals surface area contributed by atoms with Gasteiger partial charge in [-0.2, -0.15) is 4.80 Å². The van der Waals surface area contributed by atoms with Gasteiger partial charge < -0.3 is 0 Å². The van der Waals surface area contributed by atoms with Gasteiger partial charge in [-0.15, -0.1) is 21.5 Å². The smallest absolute Gasteiger partial charge is 0.188 e. The number of likely N-dealkylation sites (tertiary alicyclic amines) is 1. The zero-order valence-electron chi connectivity index (χ0n) is 12.9. The van der Waals surface area contributed by atoms with E-state index in [9.17, 15) is 4.39 Å². The van der Waals surface area contributed by atoms with Gasteiger partial charge in [-0.25, -0.2) is 4.39 Å². The fraction of sp³-hybridized carbons (Fsp3) is 0.643. The van der Waals surface area contributed by atoms with Gasteiger partial charge in [0.15, 0.2) is 5.82 Å². The van der Waals surface area contributed by atoms with Crippen LogP contribution in [0.5, 0.6) is 0 Å². The number of tetrazole rings is 1. The fourth-order valence-electron chi connectivity index (χ4n) is 2.96. The van der Waals surface area contributed by atoms with Crippen molar-refractivity contribution < 1.29 is 4.39 Å². The molecule has 120 valence electrons. The number of aryl methyl sites for hydroxylation is 1. The Morgan fingerprint density at radius 3 is 3.05 bits per heavy atom. The maximum absolute atomic E-state index is 13.8. The van der Waals surface area contributed by atoms with E-state index < -0.39 is 6.17 Å². The molecule has 0 aliphatic carbocycles. The Labute approximate surface area is 133 Å². The summed E-state index contributed by atoms with van der Waals surface area (Å²) < 4.78 is 13.8. The fourth-order valence-corrected chi connectivity index (χ4v) is 3.69. The van der Waals surface area contributed by atoms with Crippen LogP contribution in [0.25, 0.3) is 0 Å². The van der Waals surface area contributed by atoms with E-state index >= 15 is 0 Å². The summed E-state index contributed by atoms with van der Waals surface area (Å²) in [5, 5.41) is 14.1. The zero-order valence-corrected chi connectivity index (χ0v) is 13.7. The molecule has 0 aromatic carbocycles. The van der Waals surface area contributed by atoms with Gasteiger partial charge in [0.2, 0.25) is 0 Å². The summed E-state index contributed by atoms with van der Waals surface area (Å²) in [5.41, 5.74) is 0. The third kappa shape index (κ3) is 3.88. The number of nitrogens with zero attached hydrogens (tertiary/aromatic N) is 6. The lowest BCUT2D eigenvalue weighted by molar-refractivity contribution is 0.180. The molecule has 1 fully saturated rings. The van der Waals surface area contributed by atoms with Crippen LogP contribution in [-0.2, 0) is 20.1 Å². The minimum absolute atomic E-state index is 0.235. The molecule has 1 aliphatic heterocycles. The second kappa shape index (κ2) is 6.80. The van der Waals surface area contributed by atoms with Gasteiger partial charge in [0.1, 0.15) is 6.17 Å². The monoisotopic (exact) mass is 324 g/mol. The number of aromatic nitrogens is 4. The number of rotatable bonds is 6. The molecule has 0 bridgehead atoms. The average molecular weight is 324 g/mol. The average Bonchev–Trinajstić information content (AvgIpc) is 3.15. The Morgan fingerprint density at radius 1 is 1.50 bits per heavy atom. The van der Waals surface area contributed by atoms with Crippen LogP contribution in [0.4, 0.5) is 4.39 Å². The van der Waals surface area contributed by atoms with Gasteiger partial charge in [0.25, 0.3) is 0 Å². The number of thiophene rings is 1. The lowest BCUT2D eigenvalue weighted by Crippen LogP contribution is -2.38. The third-order valence-corrected chi connectivity index (χ3v) is 4.76. The molecule has 0 radical (unpaired) electrons. The van der Waals surface area contributed by atoms with Gasteiger partial charge in [-0.05, 0) is 30.1 Å². The first kappa shape index (κ1) is 15.5. The number of hydrogen-bond donors (Lipinski definition) is 0. The number of alkyl halides is 1. The van der Waals surface area contributed by atoms with Crippen molar-refractivity contribution in [1.29, 1.82) is 0 Å². The van der Waals surface area contributed by atoms with Crippen molar-refractivity contribution in [2.24, 2.45) is 7.05 Å². The zero-order chi connectivity index (χ0) is 15.5. The minimum atomic E-state index is -0.729. The maximum atomic E-state index is 13.8. The Balaban J connectivity index is 1.57. The summed E-state index contributed by atoms with van der Waals surface area (Å²) in [7, 11) is 3.77. The predicted molar refractivity (Wildman–Crippen MR) is 83.2 cm³/mol. The van der Waals surface area contributed by atoms with Gasteiger partial charge >= 0.3 is 0 Å². The van der Waals surface area contributed by atoms with E-state index in [0.717, 1.165) is 13.1 Å². The topological polar surface area (TPSA) is 50.1 Å². The summed E-state index contributed by atoms with van der Waals surface area (Å²) in [6, 6.07) is 4.39. The van der Waals surface area contributed by atoms with E-state index in [1.165, 1.54) is 9.67 Å². The van der Waals surface area contributed by atoms with Gasteiger partial charge in [-0.3, -0.25) is 9.80 Å². The number of halogens is 1. The van der Waals surface area contributed by atoms with E-state index in [-0.39, 0.29) is 6.04 Å². The molecule has 0 unspecified atom stereocenters. The first-order valence-electron chi connectivity index (χ1n) is 7.42. The van der Waals surface area contributed by atoms with Crippen LogP contribution in [0.1, 0.15) is 17.1 Å². The predicted octanol–water partition coefficient (Wildman–Crippen LogP) is 1.32. The van der Waals surface area contributed by atoms with Crippen LogP contribution in [0.15, 0.2) is 17.5 Å². The molecule has 0 spiro atoms. The summed E-state index contributed by atoms with van der Waals surface area (Å²) >= 11 is 1.73. The van der Waals surface area contributed by atoms with Crippen LogP contribution in [0.2, 0.25) is 0 Å². The summed E-state index contributed by atoms with van der Waals surface area (Å²) in [5.74, 6) is 0.699. The van der Waals surface area contributed by atoms with Crippen molar-refractivity contribution in [2.75, 3.05) is 20.1 Å². The summed E-state index contributed by atoms with van der Waals surface area (Å²) in [6.45, 7) is 2.80. The van der Waals surface area contributed by atoms with E-state index in [2.05, 4.69) is 36.7 Å². The standard InChI is InChI=1S/C14H21FN6S/c1-19(10-14-16-18-20(2)17-14)8-12-6-11(15)7-21(12)9-13-4-3-5-22-13/h3-5,11-12H,6-10H2,1-2H3/t11-,12-/m0/s1. The van der Waals surface area contributed by atoms with Crippen molar-refractivity contribution in [3.05, 3.63) is 28.2 Å². The van der Waals surface area contributed by atoms with Crippen LogP contribution in [0, 0.1) is 0 Å². The van der Waals surface area contributed by atoms with E-state index in [0.29, 0.717) is 25.3 Å². The number of hydrogen-bond acceptors (Lipinski definition) is 6. The molecule has 1 saturated heterocycles. The molecule has 0 saturated carbocycles. The normalized spacial score (nSPS) is 22.7. The molecule has 1 aliphatic rings. The SMILES string of the molecule is CN(Cc1nnn(C)n1)C[C@@H]1C[C@H](F)CN1Cc1cccs1. The molecule has 2 aromatic rings. The highest BCUT2D eigenvalue weighted by atomic mass is 32.1. The second-order valence-corrected chi connectivity index (χ2v) is 6.92. The molecule has 8 heteroatoms. The van der Waals surface area contributed by atoms with E-state index in [1.807, 2.05) is 13.1 Å². The molecule has 0 N–H and O–H groups in total. The summed E-state index contributed by atoms with van der Waals surface area (Å²) in [4.78, 5) is 7.13. The van der Waals surface area contributed by atoms with Crippen LogP contribution < -0.4 is 0 Å². The highest BCUT2D eigenvalue weighted by Gasteiger charge is 2.32. The molecule has 6 nitrogen and oxygen atoms in total. The largest absolute Gasteiger partial charge is 0.297 e. The molecule has 3 heterocycles. The first-order chi connectivity index (χ1) is 10.6. The second-order valence-electron chi connectivity index (χ2n) is 5.89. The van der Waals surface area contributed by atoms with Crippen LogP contribution >= 0.6 is 11.3 Å². The van der Waals surface area contributed by atoms with Crippen molar-refractivity contribution in [2.45, 2.75) is 31.7 Å². The van der Waals surface area contributed by atoms with Crippen molar-refractivity contribution in [3.63, 3.8) is 0 Å². The Hall–Kier alpha value is -1.38. The van der Waals surface area contributed by atoms with Crippen LogP contribution in [0.3, 0.4) is 0 Å². The Morgan fingerprint density at radius 2 is 2.36 bits per heavy atom. The highest BCUT2D eigenvalue weighted by Crippen LogP contribution is 2.24. The third-order valence-electron chi connectivity index (χ3n) is 3.90. The minimum Gasteiger partial charge on any atom is -0.297 e. The van der Waals surface area contributed by atoms with Crippen molar-refractivity contribution in [3.8, 4) is 0 Å². The van der Waals surface area contributed by atoms with Crippen LogP contribution in [-0.4, -0.2) is 62.4 Å². The lowest BCUT2D eigenvalue weighted by atomic mass is 10.2. The first-order valence-corrected chi connectivity index (χ1v) is 8.30. The quantitative estimate of drug-likeness (QED) is 0.802. The maximum Gasteiger partial charge on any atom is 0.188 e. The van der Waals surface area contributed by atoms with E-state index in [1.54, 1.807) is 18.4 Å². The van der Waals surface area contributed by atoms with Crippen molar-refractivity contribution >= 4 is 11.3 Å². The molecule has 22 heavy (non-hydrogen) atoms.